The van der Waals surface area contributed by atoms with Crippen molar-refractivity contribution in [2.24, 2.45) is 0 Å². The third-order valence-corrected chi connectivity index (χ3v) is 6.04. The minimum atomic E-state index is -1.05. The molecule has 0 fully saturated rings. The van der Waals surface area contributed by atoms with Crippen molar-refractivity contribution in [2.75, 3.05) is 0 Å². The van der Waals surface area contributed by atoms with Crippen LogP contribution < -0.4 is 0 Å². The van der Waals surface area contributed by atoms with E-state index in [9.17, 15) is 13.6 Å². The standard InChI is InChI=1S/C24H20F2N4OS/c1-14-6-9-21(15(2)11-14)30-23(18-5-4-10-27-13-18)28-29-24(30)32-16(3)22(31)17-7-8-19(25)20(26)12-17/h4-13,16H,1-3H3/t16-/m0/s1. The van der Waals surface area contributed by atoms with Gasteiger partial charge in [0.05, 0.1) is 10.9 Å². The number of carbonyl (C=O) groups is 1. The van der Waals surface area contributed by atoms with Gasteiger partial charge in [0.1, 0.15) is 0 Å². The van der Waals surface area contributed by atoms with E-state index >= 15 is 0 Å². The lowest BCUT2D eigenvalue weighted by atomic mass is 10.1. The van der Waals surface area contributed by atoms with Crippen LogP contribution in [0.5, 0.6) is 0 Å². The summed E-state index contributed by atoms with van der Waals surface area (Å²) < 4.78 is 28.8. The van der Waals surface area contributed by atoms with Crippen molar-refractivity contribution in [3.8, 4) is 17.1 Å². The number of carbonyl (C=O) groups excluding carboxylic acids is 1. The molecule has 5 nitrogen and oxygen atoms in total. The molecule has 0 aliphatic carbocycles. The first-order valence-electron chi connectivity index (χ1n) is 9.94. The summed E-state index contributed by atoms with van der Waals surface area (Å²) >= 11 is 1.21. The van der Waals surface area contributed by atoms with Crippen LogP contribution in [0.15, 0.2) is 66.1 Å². The number of hydrogen-bond donors (Lipinski definition) is 0. The van der Waals surface area contributed by atoms with Gasteiger partial charge in [-0.1, -0.05) is 29.5 Å². The van der Waals surface area contributed by atoms with E-state index in [2.05, 4.69) is 21.2 Å². The molecule has 0 aliphatic heterocycles. The largest absolute Gasteiger partial charge is 0.293 e. The molecular weight excluding hydrogens is 430 g/mol. The molecule has 162 valence electrons. The van der Waals surface area contributed by atoms with E-state index in [1.165, 1.54) is 17.8 Å². The fourth-order valence-electron chi connectivity index (χ4n) is 3.40. The summed E-state index contributed by atoms with van der Waals surface area (Å²) in [6.07, 6.45) is 3.38. The number of Topliss-reactive ketones (excluding diaryl/α,β-unsaturated/α-hetero) is 1. The van der Waals surface area contributed by atoms with E-state index < -0.39 is 16.9 Å². The Labute approximate surface area is 188 Å². The smallest absolute Gasteiger partial charge is 0.196 e. The van der Waals surface area contributed by atoms with Crippen molar-refractivity contribution >= 4 is 17.5 Å². The molecule has 0 aliphatic rings. The maximum Gasteiger partial charge on any atom is 0.196 e. The number of nitrogens with zero attached hydrogens (tertiary/aromatic N) is 4. The number of hydrogen-bond acceptors (Lipinski definition) is 5. The molecule has 0 radical (unpaired) electrons. The number of aromatic nitrogens is 4. The van der Waals surface area contributed by atoms with Gasteiger partial charge >= 0.3 is 0 Å². The van der Waals surface area contributed by atoms with Gasteiger partial charge in [0.15, 0.2) is 28.4 Å². The summed E-state index contributed by atoms with van der Waals surface area (Å²) in [5.74, 6) is -1.77. The van der Waals surface area contributed by atoms with Gasteiger partial charge in [-0.3, -0.25) is 14.3 Å². The van der Waals surface area contributed by atoms with Crippen molar-refractivity contribution in [1.29, 1.82) is 0 Å². The van der Waals surface area contributed by atoms with Crippen LogP contribution in [0.4, 0.5) is 8.78 Å². The van der Waals surface area contributed by atoms with Crippen LogP contribution in [-0.2, 0) is 0 Å². The Hall–Kier alpha value is -3.39. The normalized spacial score (nSPS) is 12.0. The van der Waals surface area contributed by atoms with Crippen LogP contribution in [0.1, 0.15) is 28.4 Å². The molecule has 32 heavy (non-hydrogen) atoms. The highest BCUT2D eigenvalue weighted by Crippen LogP contribution is 2.32. The molecule has 0 bridgehead atoms. The van der Waals surface area contributed by atoms with Gasteiger partial charge in [0.2, 0.25) is 0 Å². The van der Waals surface area contributed by atoms with Crippen molar-refractivity contribution in [3.05, 3.63) is 89.2 Å². The molecular formula is C24H20F2N4OS. The molecule has 0 saturated carbocycles. The highest BCUT2D eigenvalue weighted by Gasteiger charge is 2.24. The van der Waals surface area contributed by atoms with Gasteiger partial charge in [-0.2, -0.15) is 0 Å². The second-order valence-electron chi connectivity index (χ2n) is 7.43. The van der Waals surface area contributed by atoms with Gasteiger partial charge in [0.25, 0.3) is 0 Å². The Morgan fingerprint density at radius 3 is 2.53 bits per heavy atom. The van der Waals surface area contributed by atoms with E-state index in [0.29, 0.717) is 11.0 Å². The third-order valence-electron chi connectivity index (χ3n) is 5.00. The average Bonchev–Trinajstić information content (AvgIpc) is 3.19. The second-order valence-corrected chi connectivity index (χ2v) is 8.73. The number of rotatable bonds is 6. The van der Waals surface area contributed by atoms with Gasteiger partial charge in [-0.05, 0) is 62.7 Å². The maximum atomic E-state index is 13.6. The zero-order valence-electron chi connectivity index (χ0n) is 17.7. The number of pyridine rings is 1. The molecule has 4 rings (SSSR count). The van der Waals surface area contributed by atoms with Gasteiger partial charge in [0, 0.05) is 23.5 Å². The molecule has 2 aromatic heterocycles. The van der Waals surface area contributed by atoms with Crippen LogP contribution in [-0.4, -0.2) is 30.8 Å². The highest BCUT2D eigenvalue weighted by molar-refractivity contribution is 8.00. The molecule has 0 amide bonds. The summed E-state index contributed by atoms with van der Waals surface area (Å²) in [6.45, 7) is 5.72. The Morgan fingerprint density at radius 1 is 1.03 bits per heavy atom. The average molecular weight is 451 g/mol. The van der Waals surface area contributed by atoms with E-state index in [4.69, 9.17) is 0 Å². The van der Waals surface area contributed by atoms with Crippen molar-refractivity contribution < 1.29 is 13.6 Å². The first-order valence-corrected chi connectivity index (χ1v) is 10.8. The van der Waals surface area contributed by atoms with E-state index in [1.54, 1.807) is 19.3 Å². The summed E-state index contributed by atoms with van der Waals surface area (Å²) in [4.78, 5) is 17.0. The highest BCUT2D eigenvalue weighted by atomic mass is 32.2. The number of benzene rings is 2. The summed E-state index contributed by atoms with van der Waals surface area (Å²) in [6, 6.07) is 12.9. The third kappa shape index (κ3) is 4.31. The molecule has 0 unspecified atom stereocenters. The molecule has 4 aromatic rings. The van der Waals surface area contributed by atoms with Crippen LogP contribution in [0.25, 0.3) is 17.1 Å². The van der Waals surface area contributed by atoms with Gasteiger partial charge in [-0.15, -0.1) is 10.2 Å². The summed E-state index contributed by atoms with van der Waals surface area (Å²) in [7, 11) is 0. The number of ketones is 1. The van der Waals surface area contributed by atoms with E-state index in [1.807, 2.05) is 42.7 Å². The number of aryl methyl sites for hydroxylation is 2. The second kappa shape index (κ2) is 9.00. The molecule has 1 atom stereocenters. The van der Waals surface area contributed by atoms with Gasteiger partial charge in [-0.25, -0.2) is 8.78 Å². The Bertz CT molecular complexity index is 1290. The molecule has 0 spiro atoms. The van der Waals surface area contributed by atoms with Crippen LogP contribution in [0.3, 0.4) is 0 Å². The zero-order chi connectivity index (χ0) is 22.8. The van der Waals surface area contributed by atoms with Crippen molar-refractivity contribution in [1.82, 2.24) is 19.7 Å². The molecule has 2 heterocycles. The lowest BCUT2D eigenvalue weighted by Gasteiger charge is -2.15. The topological polar surface area (TPSA) is 60.7 Å². The lowest BCUT2D eigenvalue weighted by Crippen LogP contribution is -2.15. The van der Waals surface area contributed by atoms with E-state index in [0.717, 1.165) is 34.5 Å². The monoisotopic (exact) mass is 450 g/mol. The predicted molar refractivity (Wildman–Crippen MR) is 120 cm³/mol. The van der Waals surface area contributed by atoms with E-state index in [-0.39, 0.29) is 11.3 Å². The summed E-state index contributed by atoms with van der Waals surface area (Å²) in [5, 5.41) is 8.62. The van der Waals surface area contributed by atoms with Crippen molar-refractivity contribution in [3.63, 3.8) is 0 Å². The van der Waals surface area contributed by atoms with Crippen LogP contribution >= 0.6 is 11.8 Å². The fraction of sp³-hybridized carbons (Fsp3) is 0.167. The number of halogens is 2. The molecule has 8 heteroatoms. The quantitative estimate of drug-likeness (QED) is 0.283. The Kier molecular flexibility index (Phi) is 6.14. The van der Waals surface area contributed by atoms with Crippen LogP contribution in [0.2, 0.25) is 0 Å². The predicted octanol–water partition coefficient (Wildman–Crippen LogP) is 5.59. The first-order chi connectivity index (χ1) is 15.3. The lowest BCUT2D eigenvalue weighted by molar-refractivity contribution is 0.0993. The zero-order valence-corrected chi connectivity index (χ0v) is 18.5. The minimum absolute atomic E-state index is 0.106. The van der Waals surface area contributed by atoms with Crippen LogP contribution in [0, 0.1) is 25.5 Å². The molecule has 2 aromatic carbocycles. The maximum absolute atomic E-state index is 13.6. The summed E-state index contributed by atoms with van der Waals surface area (Å²) in [5.41, 5.74) is 3.92. The Morgan fingerprint density at radius 2 is 1.84 bits per heavy atom. The molecule has 0 N–H and O–H groups in total. The fourth-order valence-corrected chi connectivity index (χ4v) is 4.33. The Balaban J connectivity index is 1.74. The SMILES string of the molecule is Cc1ccc(-n2c(S[C@@H](C)C(=O)c3ccc(F)c(F)c3)nnc2-c2cccnc2)c(C)c1. The first kappa shape index (κ1) is 21.8. The van der Waals surface area contributed by atoms with Gasteiger partial charge < -0.3 is 0 Å². The number of thioether (sulfide) groups is 1. The molecule has 0 saturated heterocycles. The minimum Gasteiger partial charge on any atom is -0.293 e. The van der Waals surface area contributed by atoms with Crippen molar-refractivity contribution in [2.45, 2.75) is 31.2 Å².